The van der Waals surface area contributed by atoms with Gasteiger partial charge in [-0.25, -0.2) is 4.98 Å². The van der Waals surface area contributed by atoms with Crippen LogP contribution < -0.4 is 5.32 Å². The number of thioether (sulfide) groups is 1. The standard InChI is InChI=1S/C18H15ClN2OS2/c1-23-14-7-8-16(19)15(9-14)17(22)20-10-13-11-24-18(21-13)12-5-3-2-4-6-12/h2-9,11H,10H2,1H3,(H,20,22). The number of rotatable bonds is 5. The molecule has 2 aromatic carbocycles. The second-order valence-corrected chi connectivity index (χ2v) is 7.18. The van der Waals surface area contributed by atoms with Gasteiger partial charge >= 0.3 is 0 Å². The van der Waals surface area contributed by atoms with Gasteiger partial charge in [-0.2, -0.15) is 0 Å². The molecule has 3 nitrogen and oxygen atoms in total. The minimum atomic E-state index is -0.190. The Balaban J connectivity index is 1.68. The van der Waals surface area contributed by atoms with Gasteiger partial charge in [0.15, 0.2) is 0 Å². The fourth-order valence-electron chi connectivity index (χ4n) is 2.17. The summed E-state index contributed by atoms with van der Waals surface area (Å²) in [4.78, 5) is 17.9. The third-order valence-corrected chi connectivity index (χ3v) is 5.42. The van der Waals surface area contributed by atoms with Gasteiger partial charge in [0.05, 0.1) is 22.8 Å². The normalized spacial score (nSPS) is 10.6. The number of amides is 1. The SMILES string of the molecule is CSc1ccc(Cl)c(C(=O)NCc2csc(-c3ccccc3)n2)c1. The van der Waals surface area contributed by atoms with Crippen LogP contribution in [-0.4, -0.2) is 17.1 Å². The van der Waals surface area contributed by atoms with Crippen molar-refractivity contribution in [3.63, 3.8) is 0 Å². The van der Waals surface area contributed by atoms with Crippen LogP contribution in [0.2, 0.25) is 5.02 Å². The number of halogens is 1. The Morgan fingerprint density at radius 3 is 2.79 bits per heavy atom. The average Bonchev–Trinajstić information content (AvgIpc) is 3.10. The van der Waals surface area contributed by atoms with Crippen LogP contribution in [0.5, 0.6) is 0 Å². The minimum Gasteiger partial charge on any atom is -0.346 e. The molecule has 0 atom stereocenters. The van der Waals surface area contributed by atoms with E-state index in [9.17, 15) is 4.79 Å². The number of hydrogen-bond acceptors (Lipinski definition) is 4. The quantitative estimate of drug-likeness (QED) is 0.630. The molecule has 1 aromatic heterocycles. The topological polar surface area (TPSA) is 42.0 Å². The molecule has 0 aliphatic heterocycles. The van der Waals surface area contributed by atoms with E-state index < -0.39 is 0 Å². The summed E-state index contributed by atoms with van der Waals surface area (Å²) in [5.74, 6) is -0.190. The van der Waals surface area contributed by atoms with E-state index in [2.05, 4.69) is 10.3 Å². The Labute approximate surface area is 154 Å². The molecule has 3 aromatic rings. The zero-order chi connectivity index (χ0) is 16.9. The molecule has 6 heteroatoms. The molecule has 1 N–H and O–H groups in total. The Morgan fingerprint density at radius 1 is 1.25 bits per heavy atom. The number of carbonyl (C=O) groups is 1. The average molecular weight is 375 g/mol. The van der Waals surface area contributed by atoms with E-state index in [0.717, 1.165) is 21.2 Å². The van der Waals surface area contributed by atoms with Gasteiger partial charge in [-0.05, 0) is 24.5 Å². The van der Waals surface area contributed by atoms with Crippen LogP contribution in [0.1, 0.15) is 16.1 Å². The zero-order valence-corrected chi connectivity index (χ0v) is 15.3. The van der Waals surface area contributed by atoms with Crippen LogP contribution in [0.4, 0.5) is 0 Å². The van der Waals surface area contributed by atoms with E-state index in [1.54, 1.807) is 35.2 Å². The molecule has 0 unspecified atom stereocenters. The van der Waals surface area contributed by atoms with Crippen LogP contribution in [0, 0.1) is 0 Å². The van der Waals surface area contributed by atoms with E-state index in [0.29, 0.717) is 17.1 Å². The molecule has 0 aliphatic rings. The second kappa shape index (κ2) is 7.83. The highest BCUT2D eigenvalue weighted by Gasteiger charge is 2.12. The number of benzene rings is 2. The van der Waals surface area contributed by atoms with Crippen LogP contribution in [0.3, 0.4) is 0 Å². The van der Waals surface area contributed by atoms with Crippen LogP contribution >= 0.6 is 34.7 Å². The molecule has 0 spiro atoms. The van der Waals surface area contributed by atoms with E-state index in [1.807, 2.05) is 48.0 Å². The third-order valence-electron chi connectivity index (χ3n) is 3.42. The molecule has 122 valence electrons. The largest absolute Gasteiger partial charge is 0.346 e. The van der Waals surface area contributed by atoms with E-state index in [4.69, 9.17) is 11.6 Å². The lowest BCUT2D eigenvalue weighted by atomic mass is 10.2. The summed E-state index contributed by atoms with van der Waals surface area (Å²) in [6, 6.07) is 15.4. The first kappa shape index (κ1) is 17.0. The fraction of sp³-hybridized carbons (Fsp3) is 0.111. The van der Waals surface area contributed by atoms with Crippen molar-refractivity contribution in [3.05, 3.63) is 70.2 Å². The Kier molecular flexibility index (Phi) is 5.56. The molecule has 3 rings (SSSR count). The lowest BCUT2D eigenvalue weighted by Crippen LogP contribution is -2.23. The third kappa shape index (κ3) is 3.98. The summed E-state index contributed by atoms with van der Waals surface area (Å²) in [7, 11) is 0. The van der Waals surface area contributed by atoms with Crippen molar-refractivity contribution in [1.29, 1.82) is 0 Å². The van der Waals surface area contributed by atoms with Crippen molar-refractivity contribution in [2.75, 3.05) is 6.26 Å². The summed E-state index contributed by atoms with van der Waals surface area (Å²) in [6.45, 7) is 0.377. The van der Waals surface area contributed by atoms with Crippen molar-refractivity contribution in [1.82, 2.24) is 10.3 Å². The number of thiazole rings is 1. The summed E-state index contributed by atoms with van der Waals surface area (Å²) in [5.41, 5.74) is 2.40. The van der Waals surface area contributed by atoms with Gasteiger partial charge in [0.25, 0.3) is 5.91 Å². The van der Waals surface area contributed by atoms with Gasteiger partial charge in [0.2, 0.25) is 0 Å². The van der Waals surface area contributed by atoms with Crippen molar-refractivity contribution in [2.24, 2.45) is 0 Å². The van der Waals surface area contributed by atoms with Crippen LogP contribution in [-0.2, 0) is 6.54 Å². The van der Waals surface area contributed by atoms with Crippen molar-refractivity contribution in [3.8, 4) is 10.6 Å². The lowest BCUT2D eigenvalue weighted by Gasteiger charge is -2.07. The predicted molar refractivity (Wildman–Crippen MR) is 102 cm³/mol. The Morgan fingerprint density at radius 2 is 2.04 bits per heavy atom. The summed E-state index contributed by atoms with van der Waals surface area (Å²) < 4.78 is 0. The first-order chi connectivity index (χ1) is 11.7. The second-order valence-electron chi connectivity index (χ2n) is 5.04. The first-order valence-corrected chi connectivity index (χ1v) is 9.77. The van der Waals surface area contributed by atoms with Gasteiger partial charge in [-0.15, -0.1) is 23.1 Å². The molecule has 0 saturated carbocycles. The highest BCUT2D eigenvalue weighted by Crippen LogP contribution is 2.24. The van der Waals surface area contributed by atoms with E-state index in [-0.39, 0.29) is 5.91 Å². The molecule has 0 bridgehead atoms. The van der Waals surface area contributed by atoms with Gasteiger partial charge in [0.1, 0.15) is 5.01 Å². The molecule has 1 heterocycles. The molecule has 0 aliphatic carbocycles. The maximum atomic E-state index is 12.4. The maximum Gasteiger partial charge on any atom is 0.253 e. The number of nitrogens with zero attached hydrogens (tertiary/aromatic N) is 1. The van der Waals surface area contributed by atoms with Crippen molar-refractivity contribution in [2.45, 2.75) is 11.4 Å². The summed E-state index contributed by atoms with van der Waals surface area (Å²) in [6.07, 6.45) is 1.96. The van der Waals surface area contributed by atoms with E-state index in [1.165, 1.54) is 0 Å². The fourth-order valence-corrected chi connectivity index (χ4v) is 3.64. The van der Waals surface area contributed by atoms with Crippen molar-refractivity contribution >= 4 is 40.6 Å². The highest BCUT2D eigenvalue weighted by molar-refractivity contribution is 7.98. The maximum absolute atomic E-state index is 12.4. The van der Waals surface area contributed by atoms with Gasteiger partial charge in [0, 0.05) is 15.8 Å². The monoisotopic (exact) mass is 374 g/mol. The number of nitrogens with one attached hydrogen (secondary N) is 1. The predicted octanol–water partition coefficient (Wildman–Crippen LogP) is 5.12. The molecule has 0 saturated heterocycles. The lowest BCUT2D eigenvalue weighted by molar-refractivity contribution is 0.0950. The molecule has 24 heavy (non-hydrogen) atoms. The molecule has 0 radical (unpaired) electrons. The molecule has 1 amide bonds. The Hall–Kier alpha value is -1.82. The minimum absolute atomic E-state index is 0.190. The van der Waals surface area contributed by atoms with Crippen molar-refractivity contribution < 1.29 is 4.79 Å². The zero-order valence-electron chi connectivity index (χ0n) is 13.0. The number of hydrogen-bond donors (Lipinski definition) is 1. The molecule has 0 fully saturated rings. The van der Waals surface area contributed by atoms with E-state index >= 15 is 0 Å². The van der Waals surface area contributed by atoms with Gasteiger partial charge in [-0.3, -0.25) is 4.79 Å². The van der Waals surface area contributed by atoms with Gasteiger partial charge < -0.3 is 5.32 Å². The number of aromatic nitrogens is 1. The van der Waals surface area contributed by atoms with Crippen LogP contribution in [0.25, 0.3) is 10.6 Å². The molecular formula is C18H15ClN2OS2. The van der Waals surface area contributed by atoms with Gasteiger partial charge in [-0.1, -0.05) is 41.9 Å². The summed E-state index contributed by atoms with van der Waals surface area (Å²) in [5, 5.41) is 6.24. The number of carbonyl (C=O) groups excluding carboxylic acids is 1. The highest BCUT2D eigenvalue weighted by atomic mass is 35.5. The first-order valence-electron chi connectivity index (χ1n) is 7.29. The Bertz CT molecular complexity index is 849. The smallest absolute Gasteiger partial charge is 0.253 e. The summed E-state index contributed by atoms with van der Waals surface area (Å²) >= 11 is 9.27. The van der Waals surface area contributed by atoms with Crippen LogP contribution in [0.15, 0.2) is 58.8 Å². The molecular weight excluding hydrogens is 360 g/mol.